The number of carbonyl (C=O) groups is 2. The lowest BCUT2D eigenvalue weighted by atomic mass is 9.85. The largest absolute Gasteiger partial charge is 0.356 e. The van der Waals surface area contributed by atoms with E-state index in [0.29, 0.717) is 25.4 Å². The van der Waals surface area contributed by atoms with Gasteiger partial charge in [0.05, 0.1) is 6.04 Å². The zero-order valence-electron chi connectivity index (χ0n) is 14.4. The van der Waals surface area contributed by atoms with Crippen LogP contribution in [-0.2, 0) is 4.79 Å². The first kappa shape index (κ1) is 17.7. The first-order valence-corrected chi connectivity index (χ1v) is 9.21. The number of benzene rings is 1. The van der Waals surface area contributed by atoms with Crippen LogP contribution in [0.2, 0.25) is 0 Å². The standard InChI is InChI=1S/C19H26FN3O2/c20-16-9-7-14(8-10-16)17(13-5-6-13)23-19(25)22-12-2-11-21-18(24)15-3-1-4-15/h7-10,13,15,17H,1-6,11-12H2,(H,21,24)(H2,22,23,25). The summed E-state index contributed by atoms with van der Waals surface area (Å²) >= 11 is 0. The van der Waals surface area contributed by atoms with Crippen LogP contribution >= 0.6 is 0 Å². The molecule has 1 atom stereocenters. The van der Waals surface area contributed by atoms with E-state index in [1.54, 1.807) is 12.1 Å². The molecule has 3 amide bonds. The normalized spacial score (nSPS) is 18.1. The molecular weight excluding hydrogens is 321 g/mol. The van der Waals surface area contributed by atoms with Crippen LogP contribution in [0.3, 0.4) is 0 Å². The van der Waals surface area contributed by atoms with Crippen molar-refractivity contribution >= 4 is 11.9 Å². The zero-order valence-corrected chi connectivity index (χ0v) is 14.4. The fourth-order valence-electron chi connectivity index (χ4n) is 3.08. The SMILES string of the molecule is O=C(NCCCNC(=O)C1CCC1)NC(c1ccc(F)cc1)C1CC1. The predicted molar refractivity (Wildman–Crippen MR) is 93.4 cm³/mol. The van der Waals surface area contributed by atoms with Gasteiger partial charge in [0, 0.05) is 19.0 Å². The summed E-state index contributed by atoms with van der Waals surface area (Å²) in [5.74, 6) is 0.497. The quantitative estimate of drug-likeness (QED) is 0.633. The molecule has 2 aliphatic rings. The first-order valence-electron chi connectivity index (χ1n) is 9.21. The smallest absolute Gasteiger partial charge is 0.315 e. The lowest BCUT2D eigenvalue weighted by Crippen LogP contribution is -2.40. The molecule has 0 aliphatic heterocycles. The van der Waals surface area contributed by atoms with Crippen molar-refractivity contribution in [2.45, 2.75) is 44.6 Å². The van der Waals surface area contributed by atoms with Gasteiger partial charge in [-0.15, -0.1) is 0 Å². The second-order valence-corrected chi connectivity index (χ2v) is 7.04. The summed E-state index contributed by atoms with van der Waals surface area (Å²) in [5.41, 5.74) is 0.937. The van der Waals surface area contributed by atoms with Gasteiger partial charge in [0.1, 0.15) is 5.82 Å². The van der Waals surface area contributed by atoms with Gasteiger partial charge in [-0.3, -0.25) is 4.79 Å². The lowest BCUT2D eigenvalue weighted by Gasteiger charge is -2.24. The summed E-state index contributed by atoms with van der Waals surface area (Å²) < 4.78 is 13.1. The van der Waals surface area contributed by atoms with Crippen LogP contribution in [0.4, 0.5) is 9.18 Å². The van der Waals surface area contributed by atoms with E-state index in [-0.39, 0.29) is 29.7 Å². The minimum atomic E-state index is -0.272. The second kappa shape index (κ2) is 8.32. The summed E-state index contributed by atoms with van der Waals surface area (Å²) in [5, 5.41) is 8.74. The van der Waals surface area contributed by atoms with Crippen molar-refractivity contribution in [2.75, 3.05) is 13.1 Å². The molecule has 25 heavy (non-hydrogen) atoms. The lowest BCUT2D eigenvalue weighted by molar-refractivity contribution is -0.127. The highest BCUT2D eigenvalue weighted by molar-refractivity contribution is 5.79. The van der Waals surface area contributed by atoms with Gasteiger partial charge >= 0.3 is 6.03 Å². The summed E-state index contributed by atoms with van der Waals surface area (Å²) in [4.78, 5) is 23.8. The summed E-state index contributed by atoms with van der Waals surface area (Å²) in [6.45, 7) is 1.09. The molecule has 2 aliphatic carbocycles. The monoisotopic (exact) mass is 347 g/mol. The van der Waals surface area contributed by atoms with Crippen molar-refractivity contribution in [3.05, 3.63) is 35.6 Å². The molecule has 1 aromatic carbocycles. The van der Waals surface area contributed by atoms with Crippen LogP contribution in [0.15, 0.2) is 24.3 Å². The first-order chi connectivity index (χ1) is 12.1. The summed E-state index contributed by atoms with van der Waals surface area (Å²) in [6, 6.07) is 6.03. The third-order valence-corrected chi connectivity index (χ3v) is 5.02. The van der Waals surface area contributed by atoms with Crippen molar-refractivity contribution in [3.63, 3.8) is 0 Å². The van der Waals surface area contributed by atoms with E-state index in [2.05, 4.69) is 16.0 Å². The topological polar surface area (TPSA) is 70.2 Å². The molecule has 0 radical (unpaired) electrons. The fraction of sp³-hybridized carbons (Fsp3) is 0.579. The van der Waals surface area contributed by atoms with E-state index in [4.69, 9.17) is 0 Å². The van der Waals surface area contributed by atoms with E-state index < -0.39 is 0 Å². The Morgan fingerprint density at radius 1 is 1.04 bits per heavy atom. The van der Waals surface area contributed by atoms with Crippen molar-refractivity contribution in [1.29, 1.82) is 0 Å². The van der Waals surface area contributed by atoms with Gasteiger partial charge in [-0.05, 0) is 55.7 Å². The van der Waals surface area contributed by atoms with E-state index >= 15 is 0 Å². The van der Waals surface area contributed by atoms with E-state index in [1.165, 1.54) is 12.1 Å². The van der Waals surface area contributed by atoms with Gasteiger partial charge in [0.2, 0.25) is 5.91 Å². The number of halogens is 1. The predicted octanol–water partition coefficient (Wildman–Crippen LogP) is 2.88. The highest BCUT2D eigenvalue weighted by atomic mass is 19.1. The molecule has 2 fully saturated rings. The zero-order chi connectivity index (χ0) is 17.6. The van der Waals surface area contributed by atoms with Gasteiger partial charge in [-0.2, -0.15) is 0 Å². The molecule has 3 N–H and O–H groups in total. The van der Waals surface area contributed by atoms with E-state index in [0.717, 1.165) is 37.7 Å². The van der Waals surface area contributed by atoms with Gasteiger partial charge in [0.25, 0.3) is 0 Å². The van der Waals surface area contributed by atoms with Gasteiger partial charge in [-0.1, -0.05) is 18.6 Å². The van der Waals surface area contributed by atoms with Crippen molar-refractivity contribution < 1.29 is 14.0 Å². The van der Waals surface area contributed by atoms with Crippen LogP contribution in [0, 0.1) is 17.7 Å². The molecule has 6 heteroatoms. The number of hydrogen-bond acceptors (Lipinski definition) is 2. The van der Waals surface area contributed by atoms with Crippen LogP contribution in [-0.4, -0.2) is 25.0 Å². The average Bonchev–Trinajstić information content (AvgIpc) is 3.36. The number of amides is 3. The number of carbonyl (C=O) groups excluding carboxylic acids is 2. The second-order valence-electron chi connectivity index (χ2n) is 7.04. The highest BCUT2D eigenvalue weighted by Gasteiger charge is 2.33. The molecule has 0 bridgehead atoms. The third-order valence-electron chi connectivity index (χ3n) is 5.02. The highest BCUT2D eigenvalue weighted by Crippen LogP contribution is 2.40. The Hall–Kier alpha value is -2.11. The van der Waals surface area contributed by atoms with Crippen molar-refractivity contribution in [1.82, 2.24) is 16.0 Å². The molecule has 5 nitrogen and oxygen atoms in total. The molecule has 0 heterocycles. The average molecular weight is 347 g/mol. The molecule has 3 rings (SSSR count). The summed E-state index contributed by atoms with van der Waals surface area (Å²) in [6.07, 6.45) is 6.01. The molecule has 1 unspecified atom stereocenters. The molecule has 2 saturated carbocycles. The van der Waals surface area contributed by atoms with Crippen LogP contribution in [0.1, 0.15) is 50.1 Å². The molecule has 0 spiro atoms. The molecule has 0 aromatic heterocycles. The van der Waals surface area contributed by atoms with Gasteiger partial charge in [-0.25, -0.2) is 9.18 Å². The maximum absolute atomic E-state index is 13.1. The van der Waals surface area contributed by atoms with E-state index in [9.17, 15) is 14.0 Å². The molecule has 136 valence electrons. The summed E-state index contributed by atoms with van der Waals surface area (Å²) in [7, 11) is 0. The number of nitrogens with one attached hydrogen (secondary N) is 3. The van der Waals surface area contributed by atoms with Crippen molar-refractivity contribution in [2.24, 2.45) is 11.8 Å². The Morgan fingerprint density at radius 2 is 1.72 bits per heavy atom. The minimum Gasteiger partial charge on any atom is -0.356 e. The maximum atomic E-state index is 13.1. The maximum Gasteiger partial charge on any atom is 0.315 e. The Morgan fingerprint density at radius 3 is 2.32 bits per heavy atom. The van der Waals surface area contributed by atoms with E-state index in [1.807, 2.05) is 0 Å². The Labute approximate surface area is 147 Å². The number of hydrogen-bond donors (Lipinski definition) is 3. The third kappa shape index (κ3) is 5.18. The molecular formula is C19H26FN3O2. The van der Waals surface area contributed by atoms with Crippen LogP contribution in [0.25, 0.3) is 0 Å². The van der Waals surface area contributed by atoms with Crippen LogP contribution in [0.5, 0.6) is 0 Å². The van der Waals surface area contributed by atoms with Gasteiger partial charge < -0.3 is 16.0 Å². The Balaban J connectivity index is 1.35. The molecule has 1 aromatic rings. The number of rotatable bonds is 8. The Bertz CT molecular complexity index is 597. The van der Waals surface area contributed by atoms with Crippen molar-refractivity contribution in [3.8, 4) is 0 Å². The van der Waals surface area contributed by atoms with Crippen LogP contribution < -0.4 is 16.0 Å². The Kier molecular flexibility index (Phi) is 5.89. The number of urea groups is 1. The fourth-order valence-corrected chi connectivity index (χ4v) is 3.08. The van der Waals surface area contributed by atoms with Gasteiger partial charge in [0.15, 0.2) is 0 Å². The minimum absolute atomic E-state index is 0.0704. The molecule has 0 saturated heterocycles.